The normalized spacial score (nSPS) is 10.2. The van der Waals surface area contributed by atoms with Crippen LogP contribution in [-0.4, -0.2) is 4.92 Å². The monoisotopic (exact) mass is 257 g/mol. The van der Waals surface area contributed by atoms with Crippen molar-refractivity contribution in [3.8, 4) is 5.75 Å². The number of hydrogen-bond donors (Lipinski definition) is 0. The maximum atomic E-state index is 10.5. The summed E-state index contributed by atoms with van der Waals surface area (Å²) in [6.45, 7) is 4.55. The number of aryl methyl sites for hydroxylation is 2. The average molecular weight is 257 g/mol. The number of hydrogen-bond acceptors (Lipinski definition) is 3. The standard InChI is InChI=1S/C15H15NO3/c1-11-7-12(2)9-13(8-11)10-19-15-5-3-14(4-6-15)16(17)18/h3-9H,10H2,1-2H3. The molecule has 0 N–H and O–H groups in total. The van der Waals surface area contributed by atoms with E-state index in [0.29, 0.717) is 12.4 Å². The first-order valence-electron chi connectivity index (χ1n) is 5.99. The highest BCUT2D eigenvalue weighted by molar-refractivity contribution is 5.36. The Hall–Kier alpha value is -2.36. The lowest BCUT2D eigenvalue weighted by atomic mass is 10.1. The summed E-state index contributed by atoms with van der Waals surface area (Å²) in [4.78, 5) is 10.1. The van der Waals surface area contributed by atoms with Crippen molar-refractivity contribution in [2.24, 2.45) is 0 Å². The summed E-state index contributed by atoms with van der Waals surface area (Å²) < 4.78 is 5.61. The van der Waals surface area contributed by atoms with Gasteiger partial charge in [-0.1, -0.05) is 29.3 Å². The molecule has 0 fully saturated rings. The Morgan fingerprint density at radius 3 is 2.16 bits per heavy atom. The van der Waals surface area contributed by atoms with E-state index in [1.165, 1.54) is 23.3 Å². The molecule has 0 aliphatic rings. The maximum Gasteiger partial charge on any atom is 0.269 e. The number of ether oxygens (including phenoxy) is 1. The molecule has 2 aromatic carbocycles. The van der Waals surface area contributed by atoms with Crippen LogP contribution in [0.2, 0.25) is 0 Å². The van der Waals surface area contributed by atoms with Crippen molar-refractivity contribution < 1.29 is 9.66 Å². The predicted octanol–water partition coefficient (Wildman–Crippen LogP) is 3.79. The van der Waals surface area contributed by atoms with Gasteiger partial charge >= 0.3 is 0 Å². The van der Waals surface area contributed by atoms with Gasteiger partial charge in [-0.25, -0.2) is 0 Å². The molecular formula is C15H15NO3. The first kappa shape index (κ1) is 13.1. The molecule has 2 aromatic rings. The van der Waals surface area contributed by atoms with Gasteiger partial charge in [-0.2, -0.15) is 0 Å². The Balaban J connectivity index is 2.03. The van der Waals surface area contributed by atoms with E-state index in [4.69, 9.17) is 4.74 Å². The number of non-ortho nitro benzene ring substituents is 1. The largest absolute Gasteiger partial charge is 0.489 e. The second kappa shape index (κ2) is 5.52. The molecule has 0 aromatic heterocycles. The highest BCUT2D eigenvalue weighted by Crippen LogP contribution is 2.19. The van der Waals surface area contributed by atoms with Crippen LogP contribution in [0.5, 0.6) is 5.75 Å². The van der Waals surface area contributed by atoms with Crippen LogP contribution in [0.3, 0.4) is 0 Å². The molecular weight excluding hydrogens is 242 g/mol. The van der Waals surface area contributed by atoms with Crippen LogP contribution in [-0.2, 0) is 6.61 Å². The van der Waals surface area contributed by atoms with Crippen LogP contribution >= 0.6 is 0 Å². The Kier molecular flexibility index (Phi) is 3.80. The molecule has 0 amide bonds. The fourth-order valence-corrected chi connectivity index (χ4v) is 1.98. The molecule has 0 radical (unpaired) electrons. The molecule has 4 heteroatoms. The van der Waals surface area contributed by atoms with E-state index in [1.807, 2.05) is 13.8 Å². The lowest BCUT2D eigenvalue weighted by Gasteiger charge is -2.08. The molecule has 0 aliphatic heterocycles. The second-order valence-corrected chi connectivity index (χ2v) is 4.54. The van der Waals surface area contributed by atoms with Crippen LogP contribution in [0.1, 0.15) is 16.7 Å². The highest BCUT2D eigenvalue weighted by atomic mass is 16.6. The van der Waals surface area contributed by atoms with Gasteiger partial charge in [0.05, 0.1) is 4.92 Å². The lowest BCUT2D eigenvalue weighted by molar-refractivity contribution is -0.384. The molecule has 2 rings (SSSR count). The van der Waals surface area contributed by atoms with Crippen LogP contribution in [0.4, 0.5) is 5.69 Å². The fraction of sp³-hybridized carbons (Fsp3) is 0.200. The lowest BCUT2D eigenvalue weighted by Crippen LogP contribution is -1.97. The van der Waals surface area contributed by atoms with Crippen molar-refractivity contribution in [1.29, 1.82) is 0 Å². The number of nitro groups is 1. The predicted molar refractivity (Wildman–Crippen MR) is 73.3 cm³/mol. The third kappa shape index (κ3) is 3.55. The molecule has 0 saturated carbocycles. The van der Waals surface area contributed by atoms with Crippen molar-refractivity contribution in [3.05, 3.63) is 69.3 Å². The minimum atomic E-state index is -0.423. The summed E-state index contributed by atoms with van der Waals surface area (Å²) in [5.74, 6) is 0.629. The maximum absolute atomic E-state index is 10.5. The van der Waals surface area contributed by atoms with Crippen LogP contribution in [0.25, 0.3) is 0 Å². The zero-order chi connectivity index (χ0) is 13.8. The molecule has 98 valence electrons. The summed E-state index contributed by atoms with van der Waals surface area (Å²) in [7, 11) is 0. The molecule has 0 aliphatic carbocycles. The molecule has 0 atom stereocenters. The third-order valence-electron chi connectivity index (χ3n) is 2.73. The topological polar surface area (TPSA) is 52.4 Å². The van der Waals surface area contributed by atoms with Crippen LogP contribution in [0.15, 0.2) is 42.5 Å². The van der Waals surface area contributed by atoms with E-state index in [9.17, 15) is 10.1 Å². The van der Waals surface area contributed by atoms with Gasteiger partial charge < -0.3 is 4.74 Å². The van der Waals surface area contributed by atoms with Gasteiger partial charge in [-0.05, 0) is 31.5 Å². The van der Waals surface area contributed by atoms with Crippen molar-refractivity contribution in [2.45, 2.75) is 20.5 Å². The van der Waals surface area contributed by atoms with E-state index < -0.39 is 4.92 Å². The fourth-order valence-electron chi connectivity index (χ4n) is 1.98. The molecule has 0 bridgehead atoms. The summed E-state index contributed by atoms with van der Waals surface area (Å²) in [5.41, 5.74) is 3.55. The Morgan fingerprint density at radius 1 is 1.05 bits per heavy atom. The number of rotatable bonds is 4. The van der Waals surface area contributed by atoms with E-state index in [1.54, 1.807) is 12.1 Å². The summed E-state index contributed by atoms with van der Waals surface area (Å²) >= 11 is 0. The van der Waals surface area contributed by atoms with Crippen LogP contribution in [0, 0.1) is 24.0 Å². The van der Waals surface area contributed by atoms with Crippen LogP contribution < -0.4 is 4.74 Å². The first-order chi connectivity index (χ1) is 9.04. The summed E-state index contributed by atoms with van der Waals surface area (Å²) in [5, 5.41) is 10.5. The van der Waals surface area contributed by atoms with Gasteiger partial charge in [0, 0.05) is 12.1 Å². The van der Waals surface area contributed by atoms with E-state index in [2.05, 4.69) is 18.2 Å². The van der Waals surface area contributed by atoms with E-state index >= 15 is 0 Å². The zero-order valence-electron chi connectivity index (χ0n) is 10.9. The van der Waals surface area contributed by atoms with Gasteiger partial charge in [0.2, 0.25) is 0 Å². The smallest absolute Gasteiger partial charge is 0.269 e. The van der Waals surface area contributed by atoms with Crippen molar-refractivity contribution in [3.63, 3.8) is 0 Å². The summed E-state index contributed by atoms with van der Waals surface area (Å²) in [6.07, 6.45) is 0. The Labute approximate surface area is 111 Å². The molecule has 19 heavy (non-hydrogen) atoms. The number of benzene rings is 2. The molecule has 0 saturated heterocycles. The number of nitro benzene ring substituents is 1. The highest BCUT2D eigenvalue weighted by Gasteiger charge is 2.04. The van der Waals surface area contributed by atoms with Gasteiger partial charge in [0.25, 0.3) is 5.69 Å². The van der Waals surface area contributed by atoms with Crippen molar-refractivity contribution in [1.82, 2.24) is 0 Å². The van der Waals surface area contributed by atoms with E-state index in [-0.39, 0.29) is 5.69 Å². The minimum Gasteiger partial charge on any atom is -0.489 e. The molecule has 0 unspecified atom stereocenters. The summed E-state index contributed by atoms with van der Waals surface area (Å²) in [6, 6.07) is 12.3. The van der Waals surface area contributed by atoms with Crippen molar-refractivity contribution >= 4 is 5.69 Å². The third-order valence-corrected chi connectivity index (χ3v) is 2.73. The molecule has 0 spiro atoms. The number of nitrogens with zero attached hydrogens (tertiary/aromatic N) is 1. The second-order valence-electron chi connectivity index (χ2n) is 4.54. The van der Waals surface area contributed by atoms with Crippen molar-refractivity contribution in [2.75, 3.05) is 0 Å². The van der Waals surface area contributed by atoms with Gasteiger partial charge in [-0.15, -0.1) is 0 Å². The van der Waals surface area contributed by atoms with Gasteiger partial charge in [0.1, 0.15) is 12.4 Å². The first-order valence-corrected chi connectivity index (χ1v) is 5.99. The SMILES string of the molecule is Cc1cc(C)cc(COc2ccc([N+](=O)[O-])cc2)c1. The quantitative estimate of drug-likeness (QED) is 0.618. The van der Waals surface area contributed by atoms with Gasteiger partial charge in [-0.3, -0.25) is 10.1 Å². The van der Waals surface area contributed by atoms with Gasteiger partial charge in [0.15, 0.2) is 0 Å². The Morgan fingerprint density at radius 2 is 1.63 bits per heavy atom. The molecule has 0 heterocycles. The minimum absolute atomic E-state index is 0.0683. The van der Waals surface area contributed by atoms with E-state index in [0.717, 1.165) is 5.56 Å². The molecule has 4 nitrogen and oxygen atoms in total. The Bertz CT molecular complexity index is 571. The average Bonchev–Trinajstić information content (AvgIpc) is 2.36. The zero-order valence-corrected chi connectivity index (χ0v) is 10.9.